The molecule has 0 saturated heterocycles. The largest absolute Gasteiger partial charge is 0.306 e. The summed E-state index contributed by atoms with van der Waals surface area (Å²) in [6.07, 6.45) is 2.26. The van der Waals surface area contributed by atoms with E-state index in [1.54, 1.807) is 0 Å². The highest BCUT2D eigenvalue weighted by atomic mass is 35.5. The molecule has 0 radical (unpaired) electrons. The van der Waals surface area contributed by atoms with Gasteiger partial charge in [0.2, 0.25) is 5.91 Å². The van der Waals surface area contributed by atoms with Gasteiger partial charge >= 0.3 is 0 Å². The van der Waals surface area contributed by atoms with E-state index in [1.807, 2.05) is 49.3 Å². The number of hydrogen-bond donors (Lipinski definition) is 0. The van der Waals surface area contributed by atoms with Crippen molar-refractivity contribution in [3.63, 3.8) is 0 Å². The molecule has 1 fully saturated rings. The molecule has 3 atom stereocenters. The van der Waals surface area contributed by atoms with Crippen molar-refractivity contribution < 1.29 is 4.79 Å². The average Bonchev–Trinajstić information content (AvgIpc) is 2.83. The summed E-state index contributed by atoms with van der Waals surface area (Å²) >= 11 is 12.3. The normalized spacial score (nSPS) is 25.3. The van der Waals surface area contributed by atoms with Gasteiger partial charge in [-0.05, 0) is 39.1 Å². The van der Waals surface area contributed by atoms with E-state index in [4.69, 9.17) is 23.2 Å². The van der Waals surface area contributed by atoms with Crippen LogP contribution in [-0.2, 0) is 4.79 Å². The first-order chi connectivity index (χ1) is 10.1. The minimum absolute atomic E-state index is 0.0141. The van der Waals surface area contributed by atoms with Gasteiger partial charge in [0, 0.05) is 24.0 Å². The number of nitrogens with zero attached hydrogens (tertiary/aromatic N) is 2. The molecule has 1 aromatic carbocycles. The third kappa shape index (κ3) is 3.71. The van der Waals surface area contributed by atoms with Crippen LogP contribution in [0.3, 0.4) is 0 Å². The standard InChI is InChI=1S/C16H22Cl2N2O/c1-19(2)14-9-8-13(18)16(14)20(15(21)10-11-17)12-6-4-3-5-7-12/h3-7,13-14,16H,8-11H2,1-2H3. The maximum atomic E-state index is 12.6. The Balaban J connectivity index is 2.36. The zero-order valence-electron chi connectivity index (χ0n) is 12.5. The first kappa shape index (κ1) is 16.6. The molecular formula is C16H22Cl2N2O. The van der Waals surface area contributed by atoms with Gasteiger partial charge in [-0.25, -0.2) is 0 Å². The van der Waals surface area contributed by atoms with Crippen LogP contribution in [0.1, 0.15) is 19.3 Å². The van der Waals surface area contributed by atoms with E-state index in [1.165, 1.54) is 0 Å². The molecule has 0 N–H and O–H groups in total. The Morgan fingerprint density at radius 1 is 1.24 bits per heavy atom. The maximum Gasteiger partial charge on any atom is 0.228 e. The molecule has 1 saturated carbocycles. The summed E-state index contributed by atoms with van der Waals surface area (Å²) in [5.41, 5.74) is 0.900. The van der Waals surface area contributed by atoms with E-state index < -0.39 is 0 Å². The SMILES string of the molecule is CN(C)C1CCC(Cl)C1N(C(=O)CCCl)c1ccccc1. The van der Waals surface area contributed by atoms with Crippen LogP contribution >= 0.6 is 23.2 Å². The summed E-state index contributed by atoms with van der Waals surface area (Å²) < 4.78 is 0. The molecule has 5 heteroatoms. The molecule has 1 aromatic rings. The predicted molar refractivity (Wildman–Crippen MR) is 89.4 cm³/mol. The number of benzene rings is 1. The highest BCUT2D eigenvalue weighted by molar-refractivity contribution is 6.22. The number of carbonyl (C=O) groups excluding carboxylic acids is 1. The second kappa shape index (κ2) is 7.48. The van der Waals surface area contributed by atoms with Crippen LogP contribution in [0.25, 0.3) is 0 Å². The van der Waals surface area contributed by atoms with Crippen molar-refractivity contribution in [3.8, 4) is 0 Å². The molecule has 1 aliphatic rings. The van der Waals surface area contributed by atoms with E-state index in [0.717, 1.165) is 18.5 Å². The van der Waals surface area contributed by atoms with E-state index in [0.29, 0.717) is 12.3 Å². The van der Waals surface area contributed by atoms with Crippen molar-refractivity contribution in [2.45, 2.75) is 36.7 Å². The average molecular weight is 329 g/mol. The first-order valence-corrected chi connectivity index (χ1v) is 8.27. The lowest BCUT2D eigenvalue weighted by atomic mass is 10.1. The highest BCUT2D eigenvalue weighted by Gasteiger charge is 2.42. The van der Waals surface area contributed by atoms with Crippen LogP contribution in [0.5, 0.6) is 0 Å². The maximum absolute atomic E-state index is 12.6. The van der Waals surface area contributed by atoms with Gasteiger partial charge in [0.05, 0.1) is 11.4 Å². The van der Waals surface area contributed by atoms with Gasteiger partial charge in [-0.1, -0.05) is 18.2 Å². The zero-order chi connectivity index (χ0) is 15.4. The molecule has 116 valence electrons. The van der Waals surface area contributed by atoms with Crippen molar-refractivity contribution >= 4 is 34.8 Å². The van der Waals surface area contributed by atoms with Gasteiger partial charge in [0.25, 0.3) is 0 Å². The summed E-state index contributed by atoms with van der Waals surface area (Å²) in [5, 5.41) is -0.0307. The van der Waals surface area contributed by atoms with Gasteiger partial charge in [0.1, 0.15) is 0 Å². The number of anilines is 1. The number of para-hydroxylation sites is 1. The van der Waals surface area contributed by atoms with Crippen molar-refractivity contribution in [3.05, 3.63) is 30.3 Å². The molecule has 21 heavy (non-hydrogen) atoms. The van der Waals surface area contributed by atoms with E-state index >= 15 is 0 Å². The van der Waals surface area contributed by atoms with Crippen LogP contribution in [0.4, 0.5) is 5.69 Å². The Morgan fingerprint density at radius 3 is 2.48 bits per heavy atom. The molecule has 0 bridgehead atoms. The Bertz CT molecular complexity index is 467. The summed E-state index contributed by atoms with van der Waals surface area (Å²) in [6.45, 7) is 0. The van der Waals surface area contributed by atoms with Crippen LogP contribution in [0.15, 0.2) is 30.3 Å². The topological polar surface area (TPSA) is 23.6 Å². The second-order valence-electron chi connectivity index (χ2n) is 5.65. The number of amides is 1. The van der Waals surface area contributed by atoms with Gasteiger partial charge < -0.3 is 9.80 Å². The Morgan fingerprint density at radius 2 is 1.90 bits per heavy atom. The summed E-state index contributed by atoms with van der Waals surface area (Å²) in [6, 6.07) is 10.0. The van der Waals surface area contributed by atoms with E-state index in [2.05, 4.69) is 4.90 Å². The summed E-state index contributed by atoms with van der Waals surface area (Å²) in [7, 11) is 4.09. The van der Waals surface area contributed by atoms with Gasteiger partial charge in [-0.15, -0.1) is 23.2 Å². The number of hydrogen-bond acceptors (Lipinski definition) is 2. The van der Waals surface area contributed by atoms with Crippen LogP contribution < -0.4 is 4.90 Å². The Labute approximate surface area is 136 Å². The summed E-state index contributed by atoms with van der Waals surface area (Å²) in [4.78, 5) is 16.6. The Hall–Kier alpha value is -0.770. The number of rotatable bonds is 5. The lowest BCUT2D eigenvalue weighted by Gasteiger charge is -2.37. The predicted octanol–water partition coefficient (Wildman–Crippen LogP) is 3.35. The van der Waals surface area contributed by atoms with Crippen molar-refractivity contribution in [2.24, 2.45) is 0 Å². The molecule has 0 aromatic heterocycles. The monoisotopic (exact) mass is 328 g/mol. The van der Waals surface area contributed by atoms with Gasteiger partial charge in [-0.3, -0.25) is 4.79 Å². The fourth-order valence-electron chi connectivity index (χ4n) is 3.08. The zero-order valence-corrected chi connectivity index (χ0v) is 14.0. The number of halogens is 2. The minimum Gasteiger partial charge on any atom is -0.306 e. The number of alkyl halides is 2. The van der Waals surface area contributed by atoms with Crippen molar-refractivity contribution in [1.82, 2.24) is 4.90 Å². The smallest absolute Gasteiger partial charge is 0.228 e. The van der Waals surface area contributed by atoms with Gasteiger partial charge in [0.15, 0.2) is 0 Å². The van der Waals surface area contributed by atoms with Crippen LogP contribution in [0, 0.1) is 0 Å². The molecule has 0 spiro atoms. The number of carbonyl (C=O) groups is 1. The number of likely N-dealkylation sites (N-methyl/N-ethyl adjacent to an activating group) is 1. The summed E-state index contributed by atoms with van der Waals surface area (Å²) in [5.74, 6) is 0.370. The molecule has 2 rings (SSSR count). The molecule has 3 nitrogen and oxygen atoms in total. The van der Waals surface area contributed by atoms with E-state index in [-0.39, 0.29) is 23.4 Å². The van der Waals surface area contributed by atoms with Crippen molar-refractivity contribution in [2.75, 3.05) is 24.9 Å². The molecule has 1 aliphatic carbocycles. The van der Waals surface area contributed by atoms with Gasteiger partial charge in [-0.2, -0.15) is 0 Å². The first-order valence-electron chi connectivity index (χ1n) is 7.30. The molecule has 0 aliphatic heterocycles. The molecule has 3 unspecified atom stereocenters. The fourth-order valence-corrected chi connectivity index (χ4v) is 3.65. The quantitative estimate of drug-likeness (QED) is 0.774. The minimum atomic E-state index is -0.0307. The molecular weight excluding hydrogens is 307 g/mol. The lowest BCUT2D eigenvalue weighted by molar-refractivity contribution is -0.118. The van der Waals surface area contributed by atoms with Crippen LogP contribution in [-0.4, -0.2) is 48.2 Å². The van der Waals surface area contributed by atoms with Crippen LogP contribution in [0.2, 0.25) is 0 Å². The lowest BCUT2D eigenvalue weighted by Crippen LogP contribution is -2.52. The second-order valence-corrected chi connectivity index (χ2v) is 6.59. The van der Waals surface area contributed by atoms with Crippen molar-refractivity contribution in [1.29, 1.82) is 0 Å². The third-order valence-corrected chi connectivity index (χ3v) is 4.74. The fraction of sp³-hybridized carbons (Fsp3) is 0.562. The molecule has 0 heterocycles. The third-order valence-electron chi connectivity index (χ3n) is 4.08. The Kier molecular flexibility index (Phi) is 5.91. The highest BCUT2D eigenvalue weighted by Crippen LogP contribution is 2.34. The molecule has 1 amide bonds. The van der Waals surface area contributed by atoms with E-state index in [9.17, 15) is 4.79 Å².